The van der Waals surface area contributed by atoms with Gasteiger partial charge in [0.15, 0.2) is 0 Å². The summed E-state index contributed by atoms with van der Waals surface area (Å²) in [5.74, 6) is -1.91. The van der Waals surface area contributed by atoms with E-state index in [2.05, 4.69) is 10.3 Å². The van der Waals surface area contributed by atoms with Gasteiger partial charge in [-0.15, -0.1) is 0 Å². The van der Waals surface area contributed by atoms with E-state index in [0.717, 1.165) is 0 Å². The Morgan fingerprint density at radius 2 is 1.89 bits per heavy atom. The second-order valence-electron chi connectivity index (χ2n) is 7.73. The number of rotatable bonds is 6. The normalized spacial score (nSPS) is 16.9. The zero-order valence-corrected chi connectivity index (χ0v) is 19.7. The van der Waals surface area contributed by atoms with Crippen molar-refractivity contribution in [1.82, 2.24) is 4.98 Å². The number of carbonyl (C=O) groups is 3. The molecule has 0 bridgehead atoms. The van der Waals surface area contributed by atoms with Gasteiger partial charge in [0, 0.05) is 30.1 Å². The van der Waals surface area contributed by atoms with E-state index >= 15 is 0 Å². The number of ether oxygens (including phenoxy) is 1. The van der Waals surface area contributed by atoms with Gasteiger partial charge in [-0.2, -0.15) is 0 Å². The van der Waals surface area contributed by atoms with Gasteiger partial charge in [0.2, 0.25) is 5.91 Å². The van der Waals surface area contributed by atoms with Crippen molar-refractivity contribution < 1.29 is 24.2 Å². The van der Waals surface area contributed by atoms with Crippen LogP contribution in [0.5, 0.6) is 5.75 Å². The van der Waals surface area contributed by atoms with Crippen LogP contribution in [0, 0.1) is 0 Å². The van der Waals surface area contributed by atoms with Crippen LogP contribution < -0.4 is 15.0 Å². The molecule has 35 heavy (non-hydrogen) atoms. The van der Waals surface area contributed by atoms with Crippen LogP contribution in [-0.2, 0) is 14.4 Å². The van der Waals surface area contributed by atoms with Crippen molar-refractivity contribution in [2.45, 2.75) is 19.9 Å². The summed E-state index contributed by atoms with van der Waals surface area (Å²) in [7, 11) is 0. The minimum Gasteiger partial charge on any atom is -0.507 e. The predicted molar refractivity (Wildman–Crippen MR) is 132 cm³/mol. The summed E-state index contributed by atoms with van der Waals surface area (Å²) < 4.78 is 5.51. The number of Topliss-reactive ketones (excluding diaryl/α,β-unsaturated/α-hetero) is 1. The highest BCUT2D eigenvalue weighted by Crippen LogP contribution is 2.42. The molecule has 1 fully saturated rings. The SMILES string of the molecule is CCOc1ccc(Cl)c(/C(O)=C2\C(=O)C(=O)N(c3ccc(NC(C)=O)cc3)C2c2ccccn2)c1. The summed E-state index contributed by atoms with van der Waals surface area (Å²) in [5.41, 5.74) is 1.33. The van der Waals surface area contributed by atoms with Crippen molar-refractivity contribution in [2.75, 3.05) is 16.8 Å². The first-order chi connectivity index (χ1) is 16.8. The molecule has 2 heterocycles. The number of pyridine rings is 1. The molecule has 1 aliphatic rings. The molecule has 178 valence electrons. The lowest BCUT2D eigenvalue weighted by molar-refractivity contribution is -0.132. The van der Waals surface area contributed by atoms with E-state index in [4.69, 9.17) is 16.3 Å². The van der Waals surface area contributed by atoms with E-state index in [1.54, 1.807) is 54.6 Å². The van der Waals surface area contributed by atoms with Crippen molar-refractivity contribution in [1.29, 1.82) is 0 Å². The number of aliphatic hydroxyl groups is 1. The van der Waals surface area contributed by atoms with Gasteiger partial charge in [-0.1, -0.05) is 17.7 Å². The maximum Gasteiger partial charge on any atom is 0.300 e. The molecule has 8 nitrogen and oxygen atoms in total. The highest BCUT2D eigenvalue weighted by molar-refractivity contribution is 6.52. The van der Waals surface area contributed by atoms with Crippen LogP contribution in [0.4, 0.5) is 11.4 Å². The number of hydrogen-bond donors (Lipinski definition) is 2. The Bertz CT molecular complexity index is 1320. The highest BCUT2D eigenvalue weighted by Gasteiger charge is 2.47. The van der Waals surface area contributed by atoms with E-state index in [9.17, 15) is 19.5 Å². The zero-order chi connectivity index (χ0) is 25.1. The number of benzene rings is 2. The third-order valence-electron chi connectivity index (χ3n) is 5.38. The molecule has 1 saturated heterocycles. The second kappa shape index (κ2) is 9.99. The lowest BCUT2D eigenvalue weighted by Gasteiger charge is -2.25. The molecule has 0 saturated carbocycles. The molecule has 9 heteroatoms. The van der Waals surface area contributed by atoms with Gasteiger partial charge < -0.3 is 15.2 Å². The number of nitrogens with one attached hydrogen (secondary N) is 1. The highest BCUT2D eigenvalue weighted by atomic mass is 35.5. The molecule has 1 atom stereocenters. The van der Waals surface area contributed by atoms with Crippen LogP contribution >= 0.6 is 11.6 Å². The average Bonchev–Trinajstić information content (AvgIpc) is 3.11. The molecule has 2 amide bonds. The first-order valence-corrected chi connectivity index (χ1v) is 11.2. The summed E-state index contributed by atoms with van der Waals surface area (Å²) in [6.45, 7) is 3.60. The van der Waals surface area contributed by atoms with Crippen molar-refractivity contribution in [3.05, 3.63) is 88.7 Å². The van der Waals surface area contributed by atoms with Crippen LogP contribution in [0.25, 0.3) is 5.76 Å². The number of hydrogen-bond acceptors (Lipinski definition) is 6. The van der Waals surface area contributed by atoms with Crippen LogP contribution in [-0.4, -0.2) is 34.3 Å². The maximum absolute atomic E-state index is 13.3. The lowest BCUT2D eigenvalue weighted by atomic mass is 9.98. The van der Waals surface area contributed by atoms with Crippen molar-refractivity contribution in [3.8, 4) is 5.75 Å². The van der Waals surface area contributed by atoms with E-state index in [-0.39, 0.29) is 22.1 Å². The molecule has 1 unspecified atom stereocenters. The largest absolute Gasteiger partial charge is 0.507 e. The second-order valence-corrected chi connectivity index (χ2v) is 8.13. The van der Waals surface area contributed by atoms with Crippen LogP contribution in [0.2, 0.25) is 5.02 Å². The first-order valence-electron chi connectivity index (χ1n) is 10.8. The third kappa shape index (κ3) is 4.74. The van der Waals surface area contributed by atoms with Crippen LogP contribution in [0.3, 0.4) is 0 Å². The van der Waals surface area contributed by atoms with Crippen molar-refractivity contribution in [3.63, 3.8) is 0 Å². The Hall–Kier alpha value is -4.17. The average molecular weight is 492 g/mol. The number of aromatic nitrogens is 1. The third-order valence-corrected chi connectivity index (χ3v) is 5.71. The number of anilines is 2. The quantitative estimate of drug-likeness (QED) is 0.293. The summed E-state index contributed by atoms with van der Waals surface area (Å²) in [6.07, 6.45) is 1.54. The fourth-order valence-corrected chi connectivity index (χ4v) is 4.12. The van der Waals surface area contributed by atoms with Gasteiger partial charge in [-0.25, -0.2) is 0 Å². The standard InChI is InChI=1S/C26H22ClN3O5/c1-3-35-18-11-12-20(27)19(14-18)24(32)22-23(21-6-4-5-13-28-21)30(26(34)25(22)33)17-9-7-16(8-10-17)29-15(2)31/h4-14,23,32H,3H2,1-2H3,(H,29,31)/b24-22+. The number of nitrogens with zero attached hydrogens (tertiary/aromatic N) is 2. The topological polar surface area (TPSA) is 109 Å². The molecule has 2 N–H and O–H groups in total. The van der Waals surface area contributed by atoms with Crippen LogP contribution in [0.15, 0.2) is 72.4 Å². The molecule has 2 aromatic carbocycles. The number of aliphatic hydroxyl groups excluding tert-OH is 1. The van der Waals surface area contributed by atoms with E-state index in [0.29, 0.717) is 29.4 Å². The predicted octanol–water partition coefficient (Wildman–Crippen LogP) is 4.72. The molecule has 3 aromatic rings. The zero-order valence-electron chi connectivity index (χ0n) is 19.0. The van der Waals surface area contributed by atoms with Gasteiger partial charge >= 0.3 is 0 Å². The summed E-state index contributed by atoms with van der Waals surface area (Å²) in [6, 6.07) is 15.3. The Balaban J connectivity index is 1.88. The van der Waals surface area contributed by atoms with Gasteiger partial charge in [0.1, 0.15) is 17.6 Å². The number of halogens is 1. The van der Waals surface area contributed by atoms with Crippen LogP contribution in [0.1, 0.15) is 31.1 Å². The Morgan fingerprint density at radius 3 is 2.51 bits per heavy atom. The van der Waals surface area contributed by atoms with Gasteiger partial charge in [0.25, 0.3) is 11.7 Å². The van der Waals surface area contributed by atoms with Gasteiger partial charge in [-0.05, 0) is 61.5 Å². The number of amides is 2. The Kier molecular flexibility index (Phi) is 6.84. The molecular weight excluding hydrogens is 470 g/mol. The monoisotopic (exact) mass is 491 g/mol. The number of carbonyl (C=O) groups excluding carboxylic acids is 3. The minimum absolute atomic E-state index is 0.143. The van der Waals surface area contributed by atoms with Crippen molar-refractivity contribution >= 4 is 46.3 Å². The first kappa shape index (κ1) is 24.0. The fraction of sp³-hybridized carbons (Fsp3) is 0.154. The lowest BCUT2D eigenvalue weighted by Crippen LogP contribution is -2.29. The smallest absolute Gasteiger partial charge is 0.300 e. The summed E-state index contributed by atoms with van der Waals surface area (Å²) in [5, 5.41) is 14.1. The van der Waals surface area contributed by atoms with Crippen molar-refractivity contribution in [2.24, 2.45) is 0 Å². The molecule has 0 spiro atoms. The summed E-state index contributed by atoms with van der Waals surface area (Å²) in [4.78, 5) is 43.5. The molecule has 0 radical (unpaired) electrons. The molecule has 0 aliphatic carbocycles. The Morgan fingerprint density at radius 1 is 1.14 bits per heavy atom. The fourth-order valence-electron chi connectivity index (χ4n) is 3.91. The maximum atomic E-state index is 13.3. The van der Waals surface area contributed by atoms with E-state index < -0.39 is 23.5 Å². The minimum atomic E-state index is -1.00. The molecule has 1 aliphatic heterocycles. The summed E-state index contributed by atoms with van der Waals surface area (Å²) >= 11 is 6.35. The molecular formula is C26H22ClN3O5. The molecule has 4 rings (SSSR count). The molecule has 1 aromatic heterocycles. The van der Waals surface area contributed by atoms with Gasteiger partial charge in [0.05, 0.1) is 22.9 Å². The van der Waals surface area contributed by atoms with E-state index in [1.807, 2.05) is 6.92 Å². The van der Waals surface area contributed by atoms with Gasteiger partial charge in [-0.3, -0.25) is 24.3 Å². The Labute approximate surface area is 206 Å². The number of ketones is 1. The van der Waals surface area contributed by atoms with E-state index in [1.165, 1.54) is 24.1 Å².